The third kappa shape index (κ3) is 2.21. The molecule has 1 rings (SSSR count). The van der Waals surface area contributed by atoms with Crippen LogP contribution in [-0.2, 0) is 7.05 Å². The lowest BCUT2D eigenvalue weighted by Gasteiger charge is -1.82. The van der Waals surface area contributed by atoms with Gasteiger partial charge in [0.25, 0.3) is 0 Å². The van der Waals surface area contributed by atoms with Gasteiger partial charge in [-0.15, -0.1) is 0 Å². The van der Waals surface area contributed by atoms with Crippen LogP contribution in [0.2, 0.25) is 0 Å². The van der Waals surface area contributed by atoms with Gasteiger partial charge in [0.05, 0.1) is 10.6 Å². The molecule has 0 unspecified atom stereocenters. The molecule has 0 saturated heterocycles. The van der Waals surface area contributed by atoms with Gasteiger partial charge in [-0.05, 0) is 6.07 Å². The van der Waals surface area contributed by atoms with Crippen molar-refractivity contribution in [2.45, 2.75) is 0 Å². The molecule has 0 aliphatic rings. The van der Waals surface area contributed by atoms with Crippen molar-refractivity contribution in [3.05, 3.63) is 34.3 Å². The van der Waals surface area contributed by atoms with Gasteiger partial charge in [-0.25, -0.2) is 0 Å². The molecule has 11 heavy (non-hydrogen) atoms. The maximum Gasteiger partial charge on any atom is 0.236 e. The van der Waals surface area contributed by atoms with Gasteiger partial charge in [-0.1, -0.05) is 0 Å². The van der Waals surface area contributed by atoms with Crippen LogP contribution in [0, 0.1) is 10.1 Å². The van der Waals surface area contributed by atoms with E-state index < -0.39 is 4.92 Å². The van der Waals surface area contributed by atoms with Crippen molar-refractivity contribution < 1.29 is 4.92 Å². The van der Waals surface area contributed by atoms with Crippen LogP contribution in [0.25, 0.3) is 6.08 Å². The molecule has 0 aromatic carbocycles. The Morgan fingerprint density at radius 3 is 3.00 bits per heavy atom. The van der Waals surface area contributed by atoms with Gasteiger partial charge in [0.1, 0.15) is 0 Å². The number of nitro groups is 1. The minimum absolute atomic E-state index is 0.519. The summed E-state index contributed by atoms with van der Waals surface area (Å²) in [6.07, 6.45) is 3.93. The standard InChI is InChI=1S/C6H7N3O2/c1-8-4-2-6(7-8)3-5-9(10)11/h2-5H,1H3. The van der Waals surface area contributed by atoms with Crippen LogP contribution in [0.4, 0.5) is 0 Å². The Morgan fingerprint density at radius 1 is 1.82 bits per heavy atom. The molecule has 1 aromatic heterocycles. The molecule has 0 amide bonds. The monoisotopic (exact) mass is 153 g/mol. The molecule has 0 atom stereocenters. The zero-order valence-electron chi connectivity index (χ0n) is 5.97. The highest BCUT2D eigenvalue weighted by molar-refractivity contribution is 5.41. The Bertz CT molecular complexity index is 290. The summed E-state index contributed by atoms with van der Waals surface area (Å²) in [6, 6.07) is 1.69. The average molecular weight is 153 g/mol. The van der Waals surface area contributed by atoms with Crippen LogP contribution in [0.1, 0.15) is 5.69 Å². The molecular weight excluding hydrogens is 146 g/mol. The van der Waals surface area contributed by atoms with Crippen molar-refractivity contribution in [3.63, 3.8) is 0 Å². The van der Waals surface area contributed by atoms with E-state index in [4.69, 9.17) is 0 Å². The van der Waals surface area contributed by atoms with E-state index in [2.05, 4.69) is 5.10 Å². The Morgan fingerprint density at radius 2 is 2.55 bits per heavy atom. The first-order valence-corrected chi connectivity index (χ1v) is 3.00. The molecule has 5 heteroatoms. The molecule has 0 N–H and O–H groups in total. The smallest absolute Gasteiger partial charge is 0.236 e. The Hall–Kier alpha value is -1.65. The number of rotatable bonds is 2. The van der Waals surface area contributed by atoms with Gasteiger partial charge in [0, 0.05) is 19.3 Å². The van der Waals surface area contributed by atoms with Gasteiger partial charge < -0.3 is 0 Å². The second-order valence-electron chi connectivity index (χ2n) is 2.02. The minimum Gasteiger partial charge on any atom is -0.275 e. The molecule has 0 bridgehead atoms. The molecule has 1 heterocycles. The molecule has 0 radical (unpaired) electrons. The number of hydrogen-bond donors (Lipinski definition) is 0. The molecule has 0 aliphatic heterocycles. The first-order valence-electron chi connectivity index (χ1n) is 3.00. The number of aryl methyl sites for hydroxylation is 1. The Labute approximate surface area is 63.1 Å². The summed E-state index contributed by atoms with van der Waals surface area (Å²) in [5.74, 6) is 0. The highest BCUT2D eigenvalue weighted by atomic mass is 16.6. The van der Waals surface area contributed by atoms with E-state index in [0.29, 0.717) is 5.69 Å². The average Bonchev–Trinajstić information content (AvgIpc) is 2.31. The van der Waals surface area contributed by atoms with E-state index >= 15 is 0 Å². The maximum atomic E-state index is 9.86. The molecule has 0 aliphatic carbocycles. The summed E-state index contributed by atoms with van der Waals surface area (Å²) in [6.45, 7) is 0. The van der Waals surface area contributed by atoms with Gasteiger partial charge in [0.2, 0.25) is 6.20 Å². The topological polar surface area (TPSA) is 61.0 Å². The van der Waals surface area contributed by atoms with Crippen molar-refractivity contribution in [1.29, 1.82) is 0 Å². The van der Waals surface area contributed by atoms with E-state index in [-0.39, 0.29) is 0 Å². The highest BCUT2D eigenvalue weighted by Crippen LogP contribution is 1.96. The van der Waals surface area contributed by atoms with Gasteiger partial charge in [-0.3, -0.25) is 14.8 Å². The lowest BCUT2D eigenvalue weighted by Crippen LogP contribution is -1.87. The quantitative estimate of drug-likeness (QED) is 0.463. The van der Waals surface area contributed by atoms with Crippen LogP contribution in [0.15, 0.2) is 18.5 Å². The van der Waals surface area contributed by atoms with Crippen LogP contribution in [0.3, 0.4) is 0 Å². The first-order chi connectivity index (χ1) is 5.18. The van der Waals surface area contributed by atoms with Crippen LogP contribution in [0.5, 0.6) is 0 Å². The molecule has 1 aromatic rings. The zero-order valence-corrected chi connectivity index (χ0v) is 5.97. The van der Waals surface area contributed by atoms with Crippen LogP contribution < -0.4 is 0 Å². The van der Waals surface area contributed by atoms with Crippen LogP contribution in [-0.4, -0.2) is 14.7 Å². The Balaban J connectivity index is 2.71. The van der Waals surface area contributed by atoms with Crippen molar-refractivity contribution >= 4 is 6.08 Å². The van der Waals surface area contributed by atoms with Gasteiger partial charge in [0.15, 0.2) is 0 Å². The molecule has 5 nitrogen and oxygen atoms in total. The summed E-state index contributed by atoms with van der Waals surface area (Å²) in [4.78, 5) is 9.34. The minimum atomic E-state index is -0.519. The van der Waals surface area contributed by atoms with E-state index in [9.17, 15) is 10.1 Å². The van der Waals surface area contributed by atoms with E-state index in [1.807, 2.05) is 0 Å². The molecule has 58 valence electrons. The third-order valence-electron chi connectivity index (χ3n) is 1.10. The second-order valence-corrected chi connectivity index (χ2v) is 2.02. The largest absolute Gasteiger partial charge is 0.275 e. The predicted molar refractivity (Wildman–Crippen MR) is 39.2 cm³/mol. The number of aromatic nitrogens is 2. The molecule has 0 saturated carbocycles. The van der Waals surface area contributed by atoms with Crippen molar-refractivity contribution in [2.24, 2.45) is 7.05 Å². The van der Waals surface area contributed by atoms with E-state index in [1.54, 1.807) is 24.0 Å². The third-order valence-corrected chi connectivity index (χ3v) is 1.10. The Kier molecular flexibility index (Phi) is 2.00. The molecule has 0 spiro atoms. The van der Waals surface area contributed by atoms with E-state index in [1.165, 1.54) is 6.08 Å². The fraction of sp³-hybridized carbons (Fsp3) is 0.167. The summed E-state index contributed by atoms with van der Waals surface area (Å²) in [7, 11) is 1.75. The summed E-state index contributed by atoms with van der Waals surface area (Å²) in [5, 5.41) is 13.8. The summed E-state index contributed by atoms with van der Waals surface area (Å²) >= 11 is 0. The second kappa shape index (κ2) is 2.96. The van der Waals surface area contributed by atoms with Crippen molar-refractivity contribution in [2.75, 3.05) is 0 Å². The fourth-order valence-electron chi connectivity index (χ4n) is 0.659. The zero-order chi connectivity index (χ0) is 8.27. The van der Waals surface area contributed by atoms with E-state index in [0.717, 1.165) is 6.20 Å². The predicted octanol–water partition coefficient (Wildman–Crippen LogP) is 0.667. The lowest BCUT2D eigenvalue weighted by molar-refractivity contribution is -0.401. The normalized spacial score (nSPS) is 10.6. The van der Waals surface area contributed by atoms with Gasteiger partial charge in [-0.2, -0.15) is 5.10 Å². The van der Waals surface area contributed by atoms with Crippen LogP contribution >= 0.6 is 0 Å². The lowest BCUT2D eigenvalue weighted by atomic mass is 10.4. The fourth-order valence-corrected chi connectivity index (χ4v) is 0.659. The number of hydrogen-bond acceptors (Lipinski definition) is 3. The van der Waals surface area contributed by atoms with Crippen molar-refractivity contribution in [1.82, 2.24) is 9.78 Å². The van der Waals surface area contributed by atoms with Crippen molar-refractivity contribution in [3.8, 4) is 0 Å². The molecule has 0 fully saturated rings. The first kappa shape index (κ1) is 7.46. The number of nitrogens with zero attached hydrogens (tertiary/aromatic N) is 3. The summed E-state index contributed by atoms with van der Waals surface area (Å²) < 4.78 is 1.58. The highest BCUT2D eigenvalue weighted by Gasteiger charge is 1.92. The SMILES string of the molecule is Cn1ccc(C=C[N+](=O)[O-])n1. The maximum absolute atomic E-state index is 9.86. The van der Waals surface area contributed by atoms with Gasteiger partial charge >= 0.3 is 0 Å². The summed E-state index contributed by atoms with van der Waals surface area (Å²) in [5.41, 5.74) is 0.587. The molecular formula is C6H7N3O2.